The summed E-state index contributed by atoms with van der Waals surface area (Å²) in [5.74, 6) is 0. The molecule has 0 aliphatic heterocycles. The average molecular weight is 236 g/mol. The first kappa shape index (κ1) is 8.81. The Morgan fingerprint density at radius 3 is 2.64 bits per heavy atom. The van der Waals surface area contributed by atoms with Crippen LogP contribution in [0.1, 0.15) is 0 Å². The molecule has 0 saturated carbocycles. The zero-order valence-electron chi connectivity index (χ0n) is 6.31. The van der Waals surface area contributed by atoms with E-state index in [1.54, 1.807) is 6.20 Å². The van der Waals surface area contributed by atoms with Gasteiger partial charge in [0, 0.05) is 20.3 Å². The van der Waals surface area contributed by atoms with Crippen molar-refractivity contribution in [1.29, 1.82) is 0 Å². The van der Waals surface area contributed by atoms with E-state index in [0.29, 0.717) is 5.15 Å². The van der Waals surface area contributed by atoms with Gasteiger partial charge < -0.3 is 4.90 Å². The quantitative estimate of drug-likeness (QED) is 0.696. The van der Waals surface area contributed by atoms with Gasteiger partial charge in [0.15, 0.2) is 0 Å². The molecule has 0 spiro atoms. The van der Waals surface area contributed by atoms with Crippen LogP contribution in [0.5, 0.6) is 0 Å². The molecule has 2 nitrogen and oxygen atoms in total. The number of halogens is 2. The van der Waals surface area contributed by atoms with Gasteiger partial charge in [-0.15, -0.1) is 0 Å². The van der Waals surface area contributed by atoms with E-state index < -0.39 is 0 Å². The second-order valence-corrected chi connectivity index (χ2v) is 3.48. The van der Waals surface area contributed by atoms with E-state index in [-0.39, 0.29) is 0 Å². The average Bonchev–Trinajstić information content (AvgIpc) is 1.94. The predicted octanol–water partition coefficient (Wildman–Crippen LogP) is 2.56. The van der Waals surface area contributed by atoms with Crippen molar-refractivity contribution in [2.75, 3.05) is 19.0 Å². The van der Waals surface area contributed by atoms with Gasteiger partial charge in [-0.3, -0.25) is 0 Å². The highest BCUT2D eigenvalue weighted by atomic mass is 79.9. The number of pyridine rings is 1. The van der Waals surface area contributed by atoms with Crippen molar-refractivity contribution in [1.82, 2.24) is 4.98 Å². The zero-order valence-corrected chi connectivity index (χ0v) is 8.65. The van der Waals surface area contributed by atoms with Crippen LogP contribution in [0.2, 0.25) is 5.15 Å². The van der Waals surface area contributed by atoms with E-state index in [1.807, 2.05) is 25.1 Å². The molecule has 0 aliphatic carbocycles. The monoisotopic (exact) mass is 234 g/mol. The normalized spacial score (nSPS) is 9.82. The van der Waals surface area contributed by atoms with Crippen LogP contribution in [-0.2, 0) is 0 Å². The fourth-order valence-electron chi connectivity index (χ4n) is 0.754. The maximum atomic E-state index is 5.77. The van der Waals surface area contributed by atoms with Gasteiger partial charge in [0.1, 0.15) is 5.15 Å². The van der Waals surface area contributed by atoms with E-state index in [9.17, 15) is 0 Å². The maximum absolute atomic E-state index is 5.77. The lowest BCUT2D eigenvalue weighted by molar-refractivity contribution is 1.11. The molecule has 0 amide bonds. The third kappa shape index (κ3) is 1.84. The van der Waals surface area contributed by atoms with Crippen molar-refractivity contribution >= 4 is 33.2 Å². The molecule has 0 unspecified atom stereocenters. The molecular formula is C7H8BrClN2. The molecule has 0 saturated heterocycles. The van der Waals surface area contributed by atoms with Crippen molar-refractivity contribution < 1.29 is 0 Å². The molecule has 0 N–H and O–H groups in total. The molecule has 11 heavy (non-hydrogen) atoms. The minimum Gasteiger partial charge on any atom is -0.377 e. The summed E-state index contributed by atoms with van der Waals surface area (Å²) in [6.07, 6.45) is 1.68. The van der Waals surface area contributed by atoms with Crippen LogP contribution >= 0.6 is 27.5 Å². The Labute approximate surface area is 79.3 Å². The van der Waals surface area contributed by atoms with Crippen molar-refractivity contribution in [2.24, 2.45) is 0 Å². The first-order valence-electron chi connectivity index (χ1n) is 3.10. The standard InChI is InChI=1S/C7H8BrClN2/c1-11(2)5-3-4-10-7(9)6(5)8/h3-4H,1-2H3. The van der Waals surface area contributed by atoms with Crippen LogP contribution in [0.15, 0.2) is 16.7 Å². The SMILES string of the molecule is CN(C)c1ccnc(Cl)c1Br. The van der Waals surface area contributed by atoms with E-state index in [2.05, 4.69) is 20.9 Å². The summed E-state index contributed by atoms with van der Waals surface area (Å²) in [6.45, 7) is 0. The topological polar surface area (TPSA) is 16.1 Å². The van der Waals surface area contributed by atoms with Gasteiger partial charge in [0.2, 0.25) is 0 Å². The Morgan fingerprint density at radius 1 is 1.55 bits per heavy atom. The molecule has 4 heteroatoms. The highest BCUT2D eigenvalue weighted by Gasteiger charge is 2.05. The molecular weight excluding hydrogens is 227 g/mol. The Bertz CT molecular complexity index is 263. The molecule has 0 bridgehead atoms. The number of rotatable bonds is 1. The third-order valence-corrected chi connectivity index (χ3v) is 2.60. The lowest BCUT2D eigenvalue weighted by atomic mass is 10.4. The summed E-state index contributed by atoms with van der Waals surface area (Å²) in [5, 5.41) is 0.496. The van der Waals surface area contributed by atoms with Crippen molar-refractivity contribution in [2.45, 2.75) is 0 Å². The van der Waals surface area contributed by atoms with Gasteiger partial charge in [-0.05, 0) is 22.0 Å². The number of aromatic nitrogens is 1. The van der Waals surface area contributed by atoms with Crippen molar-refractivity contribution in [3.05, 3.63) is 21.9 Å². The molecule has 0 atom stereocenters. The lowest BCUT2D eigenvalue weighted by Gasteiger charge is -2.13. The van der Waals surface area contributed by atoms with Crippen LogP contribution in [-0.4, -0.2) is 19.1 Å². The highest BCUT2D eigenvalue weighted by molar-refractivity contribution is 9.10. The van der Waals surface area contributed by atoms with E-state index in [1.165, 1.54) is 0 Å². The Balaban J connectivity index is 3.17. The molecule has 0 fully saturated rings. The van der Waals surface area contributed by atoms with Crippen LogP contribution in [0.25, 0.3) is 0 Å². The van der Waals surface area contributed by atoms with Gasteiger partial charge >= 0.3 is 0 Å². The Hall–Kier alpha value is -0.280. The third-order valence-electron chi connectivity index (χ3n) is 1.31. The molecule has 0 aromatic carbocycles. The van der Waals surface area contributed by atoms with Crippen LogP contribution in [0, 0.1) is 0 Å². The summed E-state index contributed by atoms with van der Waals surface area (Å²) in [4.78, 5) is 5.88. The number of anilines is 1. The largest absolute Gasteiger partial charge is 0.377 e. The van der Waals surface area contributed by atoms with Gasteiger partial charge in [0.05, 0.1) is 10.2 Å². The van der Waals surface area contributed by atoms with Gasteiger partial charge in [-0.1, -0.05) is 11.6 Å². The number of nitrogens with zero attached hydrogens (tertiary/aromatic N) is 2. The Kier molecular flexibility index (Phi) is 2.73. The smallest absolute Gasteiger partial charge is 0.145 e. The minimum absolute atomic E-state index is 0.496. The van der Waals surface area contributed by atoms with Crippen molar-refractivity contribution in [3.63, 3.8) is 0 Å². The highest BCUT2D eigenvalue weighted by Crippen LogP contribution is 2.29. The lowest BCUT2D eigenvalue weighted by Crippen LogP contribution is -2.09. The first-order chi connectivity index (χ1) is 5.13. The summed E-state index contributed by atoms with van der Waals surface area (Å²) in [6, 6.07) is 1.90. The Morgan fingerprint density at radius 2 is 2.18 bits per heavy atom. The van der Waals surface area contributed by atoms with Crippen LogP contribution in [0.3, 0.4) is 0 Å². The minimum atomic E-state index is 0.496. The van der Waals surface area contributed by atoms with Crippen LogP contribution in [0.4, 0.5) is 5.69 Å². The molecule has 0 aliphatic rings. The predicted molar refractivity (Wildman–Crippen MR) is 51.3 cm³/mol. The van der Waals surface area contributed by atoms with Gasteiger partial charge in [0.25, 0.3) is 0 Å². The summed E-state index contributed by atoms with van der Waals surface area (Å²) in [7, 11) is 3.91. The molecule has 0 radical (unpaired) electrons. The molecule has 1 aromatic heterocycles. The van der Waals surface area contributed by atoms with Gasteiger partial charge in [-0.25, -0.2) is 4.98 Å². The van der Waals surface area contributed by atoms with E-state index >= 15 is 0 Å². The van der Waals surface area contributed by atoms with E-state index in [4.69, 9.17) is 11.6 Å². The summed E-state index contributed by atoms with van der Waals surface area (Å²) in [5.41, 5.74) is 1.03. The first-order valence-corrected chi connectivity index (χ1v) is 4.27. The van der Waals surface area contributed by atoms with Gasteiger partial charge in [-0.2, -0.15) is 0 Å². The molecule has 1 heterocycles. The molecule has 60 valence electrons. The van der Waals surface area contributed by atoms with E-state index in [0.717, 1.165) is 10.2 Å². The summed E-state index contributed by atoms with van der Waals surface area (Å²) < 4.78 is 0.840. The number of hydrogen-bond donors (Lipinski definition) is 0. The fourth-order valence-corrected chi connectivity index (χ4v) is 1.50. The zero-order chi connectivity index (χ0) is 8.43. The molecule has 1 rings (SSSR count). The number of hydrogen-bond acceptors (Lipinski definition) is 2. The van der Waals surface area contributed by atoms with Crippen LogP contribution < -0.4 is 4.90 Å². The summed E-state index contributed by atoms with van der Waals surface area (Å²) >= 11 is 9.12. The molecule has 1 aromatic rings. The van der Waals surface area contributed by atoms with Crippen molar-refractivity contribution in [3.8, 4) is 0 Å². The fraction of sp³-hybridized carbons (Fsp3) is 0.286. The second-order valence-electron chi connectivity index (χ2n) is 2.33. The second kappa shape index (κ2) is 3.41. The maximum Gasteiger partial charge on any atom is 0.145 e.